The molecule has 1 atom stereocenters. The van der Waals surface area contributed by atoms with E-state index in [0.717, 1.165) is 22.9 Å². The first-order chi connectivity index (χ1) is 10.2. The summed E-state index contributed by atoms with van der Waals surface area (Å²) in [5.74, 6) is 0.0668. The minimum absolute atomic E-state index is 0.0668. The third-order valence-electron chi connectivity index (χ3n) is 4.07. The average Bonchev–Trinajstić information content (AvgIpc) is 2.53. The lowest BCUT2D eigenvalue weighted by molar-refractivity contribution is -0.0255. The Hall–Kier alpha value is -1.78. The third-order valence-corrected chi connectivity index (χ3v) is 4.07. The molecule has 0 N–H and O–H groups in total. The van der Waals surface area contributed by atoms with Crippen LogP contribution < -0.4 is 0 Å². The van der Waals surface area contributed by atoms with Gasteiger partial charge in [-0.15, -0.1) is 0 Å². The molecule has 0 amide bonds. The van der Waals surface area contributed by atoms with Crippen LogP contribution in [0.2, 0.25) is 0 Å². The van der Waals surface area contributed by atoms with E-state index < -0.39 is 0 Å². The summed E-state index contributed by atoms with van der Waals surface area (Å²) >= 11 is 0. The lowest BCUT2D eigenvalue weighted by Gasteiger charge is -2.34. The number of benzene rings is 1. The predicted octanol–water partition coefficient (Wildman–Crippen LogP) is 2.53. The van der Waals surface area contributed by atoms with Crippen LogP contribution in [0, 0.1) is 0 Å². The Morgan fingerprint density at radius 2 is 2.24 bits per heavy atom. The Bertz CT molecular complexity index is 649. The number of ketones is 1. The number of ether oxygens (including phenoxy) is 1. The smallest absolute Gasteiger partial charge is 0.193 e. The highest BCUT2D eigenvalue weighted by Crippen LogP contribution is 2.21. The summed E-state index contributed by atoms with van der Waals surface area (Å²) in [6, 6.07) is 8.08. The maximum absolute atomic E-state index is 12.8. The summed E-state index contributed by atoms with van der Waals surface area (Å²) in [6.45, 7) is 6.46. The standard InChI is InChI=1S/C17H20N2O2/c1-12(2)19-8-9-21-16(11-19)17(20)15-5-3-4-13-10-18-7-6-14(13)15/h3-7,10,12,16H,8-9,11H2,1-2H3. The van der Waals surface area contributed by atoms with Crippen molar-refractivity contribution in [3.8, 4) is 0 Å². The molecule has 1 saturated heterocycles. The van der Waals surface area contributed by atoms with E-state index in [-0.39, 0.29) is 11.9 Å². The number of fused-ring (bicyclic) bond motifs is 1. The van der Waals surface area contributed by atoms with Crippen LogP contribution in [0.1, 0.15) is 24.2 Å². The highest BCUT2D eigenvalue weighted by molar-refractivity contribution is 6.10. The summed E-state index contributed by atoms with van der Waals surface area (Å²) < 4.78 is 5.72. The molecule has 1 fully saturated rings. The van der Waals surface area contributed by atoms with Crippen molar-refractivity contribution in [3.05, 3.63) is 42.2 Å². The van der Waals surface area contributed by atoms with E-state index in [0.29, 0.717) is 19.2 Å². The fourth-order valence-corrected chi connectivity index (χ4v) is 2.81. The van der Waals surface area contributed by atoms with Crippen LogP contribution >= 0.6 is 0 Å². The van der Waals surface area contributed by atoms with E-state index in [2.05, 4.69) is 23.7 Å². The molecule has 0 saturated carbocycles. The Morgan fingerprint density at radius 1 is 1.38 bits per heavy atom. The molecule has 1 aromatic heterocycles. The van der Waals surface area contributed by atoms with Gasteiger partial charge in [-0.05, 0) is 25.3 Å². The van der Waals surface area contributed by atoms with Gasteiger partial charge in [-0.25, -0.2) is 0 Å². The van der Waals surface area contributed by atoms with Gasteiger partial charge in [0.15, 0.2) is 5.78 Å². The fraction of sp³-hybridized carbons (Fsp3) is 0.412. The van der Waals surface area contributed by atoms with Crippen LogP contribution in [0.5, 0.6) is 0 Å². The minimum atomic E-state index is -0.375. The molecule has 110 valence electrons. The SMILES string of the molecule is CC(C)N1CCOC(C(=O)c2cccc3cnccc23)C1. The molecule has 3 rings (SSSR count). The molecule has 4 nitrogen and oxygen atoms in total. The fourth-order valence-electron chi connectivity index (χ4n) is 2.81. The molecule has 0 bridgehead atoms. The van der Waals surface area contributed by atoms with Crippen LogP contribution in [0.4, 0.5) is 0 Å². The summed E-state index contributed by atoms with van der Waals surface area (Å²) in [6.07, 6.45) is 3.13. The largest absolute Gasteiger partial charge is 0.367 e. The Kier molecular flexibility index (Phi) is 3.99. The monoisotopic (exact) mass is 284 g/mol. The molecule has 1 aliphatic rings. The molecule has 1 unspecified atom stereocenters. The van der Waals surface area contributed by atoms with Gasteiger partial charge in [-0.1, -0.05) is 18.2 Å². The van der Waals surface area contributed by atoms with Gasteiger partial charge >= 0.3 is 0 Å². The molecule has 0 spiro atoms. The molecule has 0 aliphatic carbocycles. The predicted molar refractivity (Wildman–Crippen MR) is 82.5 cm³/mol. The lowest BCUT2D eigenvalue weighted by atomic mass is 9.99. The van der Waals surface area contributed by atoms with Crippen LogP contribution in [-0.2, 0) is 4.74 Å². The first-order valence-electron chi connectivity index (χ1n) is 7.39. The van der Waals surface area contributed by atoms with Crippen molar-refractivity contribution in [2.24, 2.45) is 0 Å². The zero-order valence-corrected chi connectivity index (χ0v) is 12.5. The van der Waals surface area contributed by atoms with Crippen LogP contribution in [0.25, 0.3) is 10.8 Å². The number of pyridine rings is 1. The molecule has 4 heteroatoms. The van der Waals surface area contributed by atoms with Crippen LogP contribution in [0.3, 0.4) is 0 Å². The van der Waals surface area contributed by atoms with E-state index >= 15 is 0 Å². The van der Waals surface area contributed by atoms with Gasteiger partial charge in [-0.3, -0.25) is 14.7 Å². The first-order valence-corrected chi connectivity index (χ1v) is 7.39. The third kappa shape index (κ3) is 2.82. The van der Waals surface area contributed by atoms with E-state index in [1.807, 2.05) is 24.3 Å². The van der Waals surface area contributed by atoms with Gasteiger partial charge in [0.1, 0.15) is 6.10 Å². The maximum Gasteiger partial charge on any atom is 0.193 e. The second-order valence-corrected chi connectivity index (χ2v) is 5.71. The molecule has 2 heterocycles. The molecule has 0 radical (unpaired) electrons. The van der Waals surface area contributed by atoms with Gasteiger partial charge in [0.05, 0.1) is 6.61 Å². The summed E-state index contributed by atoms with van der Waals surface area (Å²) in [4.78, 5) is 19.2. The number of hydrogen-bond donors (Lipinski definition) is 0. The average molecular weight is 284 g/mol. The minimum Gasteiger partial charge on any atom is -0.367 e. The number of hydrogen-bond acceptors (Lipinski definition) is 4. The second kappa shape index (κ2) is 5.92. The van der Waals surface area contributed by atoms with Gasteiger partial charge in [0.2, 0.25) is 0 Å². The van der Waals surface area contributed by atoms with E-state index in [4.69, 9.17) is 4.74 Å². The van der Waals surface area contributed by atoms with Crippen molar-refractivity contribution < 1.29 is 9.53 Å². The number of nitrogens with zero attached hydrogens (tertiary/aromatic N) is 2. The van der Waals surface area contributed by atoms with E-state index in [1.54, 1.807) is 12.4 Å². The van der Waals surface area contributed by atoms with E-state index in [9.17, 15) is 4.79 Å². The van der Waals surface area contributed by atoms with Crippen LogP contribution in [-0.4, -0.2) is 47.5 Å². The number of morpholine rings is 1. The number of aromatic nitrogens is 1. The van der Waals surface area contributed by atoms with Crippen molar-refractivity contribution in [2.75, 3.05) is 19.7 Å². The lowest BCUT2D eigenvalue weighted by Crippen LogP contribution is -2.48. The number of carbonyl (C=O) groups is 1. The van der Waals surface area contributed by atoms with Crippen molar-refractivity contribution in [1.82, 2.24) is 9.88 Å². The van der Waals surface area contributed by atoms with Crippen molar-refractivity contribution >= 4 is 16.6 Å². The van der Waals surface area contributed by atoms with Gasteiger partial charge in [0.25, 0.3) is 0 Å². The molecular formula is C17H20N2O2. The summed E-state index contributed by atoms with van der Waals surface area (Å²) in [7, 11) is 0. The molecule has 1 aliphatic heterocycles. The zero-order valence-electron chi connectivity index (χ0n) is 12.5. The number of Topliss-reactive ketones (excluding diaryl/α,β-unsaturated/α-hetero) is 1. The van der Waals surface area contributed by atoms with Gasteiger partial charge in [-0.2, -0.15) is 0 Å². The quantitative estimate of drug-likeness (QED) is 0.812. The highest BCUT2D eigenvalue weighted by atomic mass is 16.5. The molecule has 21 heavy (non-hydrogen) atoms. The second-order valence-electron chi connectivity index (χ2n) is 5.71. The maximum atomic E-state index is 12.8. The first kappa shape index (κ1) is 14.2. The van der Waals surface area contributed by atoms with Crippen molar-refractivity contribution in [2.45, 2.75) is 26.0 Å². The number of carbonyl (C=O) groups excluding carboxylic acids is 1. The Balaban J connectivity index is 1.90. The molecular weight excluding hydrogens is 264 g/mol. The topological polar surface area (TPSA) is 42.4 Å². The van der Waals surface area contributed by atoms with Gasteiger partial charge in [0, 0.05) is 42.5 Å². The van der Waals surface area contributed by atoms with E-state index in [1.165, 1.54) is 0 Å². The van der Waals surface area contributed by atoms with Crippen LogP contribution in [0.15, 0.2) is 36.7 Å². The summed E-state index contributed by atoms with van der Waals surface area (Å²) in [5.41, 5.74) is 0.727. The Morgan fingerprint density at radius 3 is 3.05 bits per heavy atom. The Labute approximate surface area is 124 Å². The van der Waals surface area contributed by atoms with Crippen molar-refractivity contribution in [1.29, 1.82) is 0 Å². The van der Waals surface area contributed by atoms with Gasteiger partial charge < -0.3 is 4.74 Å². The normalized spacial score (nSPS) is 20.0. The zero-order chi connectivity index (χ0) is 14.8. The number of rotatable bonds is 3. The molecule has 2 aromatic rings. The summed E-state index contributed by atoms with van der Waals surface area (Å²) in [5, 5.41) is 1.93. The van der Waals surface area contributed by atoms with Crippen molar-refractivity contribution in [3.63, 3.8) is 0 Å². The molecule has 1 aromatic carbocycles. The highest BCUT2D eigenvalue weighted by Gasteiger charge is 2.29.